The summed E-state index contributed by atoms with van der Waals surface area (Å²) in [4.78, 5) is 0. The molecular formula is C13H10Cl2FN. The van der Waals surface area contributed by atoms with Gasteiger partial charge >= 0.3 is 0 Å². The smallest absolute Gasteiger partial charge is 0.123 e. The Labute approximate surface area is 109 Å². The Bertz CT molecular complexity index is 529. The summed E-state index contributed by atoms with van der Waals surface area (Å²) in [5.74, 6) is -0.294. The maximum absolute atomic E-state index is 13.0. The molecule has 17 heavy (non-hydrogen) atoms. The predicted octanol–water partition coefficient (Wildman–Crippen LogP) is 4.74. The molecule has 0 saturated carbocycles. The molecule has 0 amide bonds. The molecule has 0 aliphatic heterocycles. The van der Waals surface area contributed by atoms with Gasteiger partial charge in [-0.25, -0.2) is 4.39 Å². The molecule has 1 N–H and O–H groups in total. The van der Waals surface area contributed by atoms with Crippen LogP contribution >= 0.6 is 23.2 Å². The SMILES string of the molecule is Fc1ccc(Cl)c(CNc2cccc(Cl)c2)c1. The normalized spacial score (nSPS) is 10.3. The highest BCUT2D eigenvalue weighted by atomic mass is 35.5. The highest BCUT2D eigenvalue weighted by Crippen LogP contribution is 2.20. The van der Waals surface area contributed by atoms with E-state index in [0.717, 1.165) is 5.69 Å². The molecule has 0 aliphatic rings. The first kappa shape index (κ1) is 12.2. The molecule has 0 aliphatic carbocycles. The van der Waals surface area contributed by atoms with Crippen LogP contribution in [0.2, 0.25) is 10.0 Å². The summed E-state index contributed by atoms with van der Waals surface area (Å²) in [6, 6.07) is 11.6. The molecule has 2 rings (SSSR count). The first-order valence-corrected chi connectivity index (χ1v) is 5.84. The Balaban J connectivity index is 2.09. The monoisotopic (exact) mass is 269 g/mol. The fourth-order valence-corrected chi connectivity index (χ4v) is 1.85. The van der Waals surface area contributed by atoms with Crippen LogP contribution in [-0.4, -0.2) is 0 Å². The van der Waals surface area contributed by atoms with Crippen molar-refractivity contribution in [2.24, 2.45) is 0 Å². The third-order valence-electron chi connectivity index (χ3n) is 2.32. The Morgan fingerprint density at radius 3 is 2.65 bits per heavy atom. The van der Waals surface area contributed by atoms with Crippen molar-refractivity contribution < 1.29 is 4.39 Å². The Kier molecular flexibility index (Phi) is 3.87. The lowest BCUT2D eigenvalue weighted by molar-refractivity contribution is 0.626. The number of rotatable bonds is 3. The summed E-state index contributed by atoms with van der Waals surface area (Å²) in [6.45, 7) is 0.455. The maximum atomic E-state index is 13.0. The predicted molar refractivity (Wildman–Crippen MR) is 70.2 cm³/mol. The van der Waals surface area contributed by atoms with Crippen molar-refractivity contribution in [3.8, 4) is 0 Å². The van der Waals surface area contributed by atoms with E-state index in [4.69, 9.17) is 23.2 Å². The van der Waals surface area contributed by atoms with Gasteiger partial charge in [-0.2, -0.15) is 0 Å². The molecule has 0 bridgehead atoms. The van der Waals surface area contributed by atoms with Crippen LogP contribution in [-0.2, 0) is 6.54 Å². The lowest BCUT2D eigenvalue weighted by Gasteiger charge is -2.08. The molecule has 2 aromatic carbocycles. The minimum absolute atomic E-state index is 0.294. The zero-order valence-electron chi connectivity index (χ0n) is 8.88. The van der Waals surface area contributed by atoms with Gasteiger partial charge in [-0.05, 0) is 42.0 Å². The van der Waals surface area contributed by atoms with Gasteiger partial charge in [0.2, 0.25) is 0 Å². The van der Waals surface area contributed by atoms with Crippen molar-refractivity contribution in [3.05, 3.63) is 63.9 Å². The number of halogens is 3. The van der Waals surface area contributed by atoms with Crippen LogP contribution in [0.1, 0.15) is 5.56 Å². The zero-order valence-corrected chi connectivity index (χ0v) is 10.4. The van der Waals surface area contributed by atoms with Crippen molar-refractivity contribution in [3.63, 3.8) is 0 Å². The number of nitrogens with one attached hydrogen (secondary N) is 1. The Morgan fingerprint density at radius 1 is 1.06 bits per heavy atom. The molecule has 0 radical (unpaired) electrons. The molecule has 88 valence electrons. The van der Waals surface area contributed by atoms with Gasteiger partial charge in [0.15, 0.2) is 0 Å². The van der Waals surface area contributed by atoms with Gasteiger partial charge in [0, 0.05) is 22.3 Å². The Morgan fingerprint density at radius 2 is 1.88 bits per heavy atom. The van der Waals surface area contributed by atoms with E-state index in [-0.39, 0.29) is 5.82 Å². The van der Waals surface area contributed by atoms with Crippen LogP contribution in [0.15, 0.2) is 42.5 Å². The van der Waals surface area contributed by atoms with E-state index in [1.165, 1.54) is 12.1 Å². The second-order valence-electron chi connectivity index (χ2n) is 3.60. The van der Waals surface area contributed by atoms with Crippen molar-refractivity contribution in [2.45, 2.75) is 6.54 Å². The average molecular weight is 270 g/mol. The molecular weight excluding hydrogens is 260 g/mol. The molecule has 0 saturated heterocycles. The summed E-state index contributed by atoms with van der Waals surface area (Å²) >= 11 is 11.8. The van der Waals surface area contributed by atoms with Crippen LogP contribution in [0.4, 0.5) is 10.1 Å². The van der Waals surface area contributed by atoms with E-state index in [1.54, 1.807) is 18.2 Å². The molecule has 2 aromatic rings. The lowest BCUT2D eigenvalue weighted by Crippen LogP contribution is -2.00. The van der Waals surface area contributed by atoms with E-state index < -0.39 is 0 Å². The molecule has 0 atom stereocenters. The van der Waals surface area contributed by atoms with Gasteiger partial charge in [-0.1, -0.05) is 29.3 Å². The summed E-state index contributed by atoms with van der Waals surface area (Å²) in [5.41, 5.74) is 1.59. The molecule has 1 nitrogen and oxygen atoms in total. The number of benzene rings is 2. The molecule has 0 fully saturated rings. The largest absolute Gasteiger partial charge is 0.381 e. The summed E-state index contributed by atoms with van der Waals surface area (Å²) < 4.78 is 13.0. The molecule has 0 unspecified atom stereocenters. The third kappa shape index (κ3) is 3.35. The highest BCUT2D eigenvalue weighted by Gasteiger charge is 2.02. The van der Waals surface area contributed by atoms with E-state index in [1.807, 2.05) is 12.1 Å². The van der Waals surface area contributed by atoms with Crippen LogP contribution in [0.5, 0.6) is 0 Å². The minimum atomic E-state index is -0.294. The summed E-state index contributed by atoms with van der Waals surface area (Å²) in [5, 5.41) is 4.33. The molecule has 0 spiro atoms. The molecule has 0 heterocycles. The van der Waals surface area contributed by atoms with Crippen molar-refractivity contribution in [1.29, 1.82) is 0 Å². The highest BCUT2D eigenvalue weighted by molar-refractivity contribution is 6.31. The number of anilines is 1. The van der Waals surface area contributed by atoms with E-state index >= 15 is 0 Å². The fourth-order valence-electron chi connectivity index (χ4n) is 1.47. The van der Waals surface area contributed by atoms with E-state index in [9.17, 15) is 4.39 Å². The first-order valence-electron chi connectivity index (χ1n) is 5.08. The van der Waals surface area contributed by atoms with Crippen LogP contribution in [0.25, 0.3) is 0 Å². The third-order valence-corrected chi connectivity index (χ3v) is 2.92. The summed E-state index contributed by atoms with van der Waals surface area (Å²) in [6.07, 6.45) is 0. The average Bonchev–Trinajstić information content (AvgIpc) is 2.30. The Hall–Kier alpha value is -1.25. The quantitative estimate of drug-likeness (QED) is 0.849. The second kappa shape index (κ2) is 5.39. The van der Waals surface area contributed by atoms with E-state index in [2.05, 4.69) is 5.32 Å². The van der Waals surface area contributed by atoms with Crippen LogP contribution in [0.3, 0.4) is 0 Å². The van der Waals surface area contributed by atoms with Gasteiger partial charge in [0.25, 0.3) is 0 Å². The van der Waals surface area contributed by atoms with E-state index in [0.29, 0.717) is 22.2 Å². The molecule has 0 aromatic heterocycles. The zero-order chi connectivity index (χ0) is 12.3. The van der Waals surface area contributed by atoms with Gasteiger partial charge in [0.1, 0.15) is 5.82 Å². The van der Waals surface area contributed by atoms with Gasteiger partial charge in [-0.3, -0.25) is 0 Å². The van der Waals surface area contributed by atoms with Crippen molar-refractivity contribution in [2.75, 3.05) is 5.32 Å². The first-order chi connectivity index (χ1) is 8.15. The fraction of sp³-hybridized carbons (Fsp3) is 0.0769. The maximum Gasteiger partial charge on any atom is 0.123 e. The van der Waals surface area contributed by atoms with Gasteiger partial charge in [0.05, 0.1) is 0 Å². The lowest BCUT2D eigenvalue weighted by atomic mass is 10.2. The summed E-state index contributed by atoms with van der Waals surface area (Å²) in [7, 11) is 0. The van der Waals surface area contributed by atoms with Gasteiger partial charge < -0.3 is 5.32 Å². The standard InChI is InChI=1S/C13H10Cl2FN/c14-10-2-1-3-12(7-10)17-8-9-6-11(16)4-5-13(9)15/h1-7,17H,8H2. The van der Waals surface area contributed by atoms with Crippen molar-refractivity contribution >= 4 is 28.9 Å². The van der Waals surface area contributed by atoms with Crippen LogP contribution < -0.4 is 5.32 Å². The van der Waals surface area contributed by atoms with Gasteiger partial charge in [-0.15, -0.1) is 0 Å². The van der Waals surface area contributed by atoms with Crippen molar-refractivity contribution in [1.82, 2.24) is 0 Å². The molecule has 4 heteroatoms. The minimum Gasteiger partial charge on any atom is -0.381 e. The number of hydrogen-bond donors (Lipinski definition) is 1. The number of hydrogen-bond acceptors (Lipinski definition) is 1. The van der Waals surface area contributed by atoms with Crippen LogP contribution in [0, 0.1) is 5.82 Å². The topological polar surface area (TPSA) is 12.0 Å². The second-order valence-corrected chi connectivity index (χ2v) is 4.44.